The van der Waals surface area contributed by atoms with Gasteiger partial charge in [-0.25, -0.2) is 9.97 Å². The molecule has 2 atom stereocenters. The first-order chi connectivity index (χ1) is 9.81. The molecule has 0 amide bonds. The second kappa shape index (κ2) is 4.66. The van der Waals surface area contributed by atoms with Crippen LogP contribution in [-0.4, -0.2) is 32.2 Å². The Labute approximate surface area is 117 Å². The number of piperidine rings is 2. The van der Waals surface area contributed by atoms with E-state index in [0.29, 0.717) is 23.6 Å². The van der Waals surface area contributed by atoms with Crippen LogP contribution < -0.4 is 5.32 Å². The number of ketones is 1. The number of hydrogen-bond donors (Lipinski definition) is 1. The van der Waals surface area contributed by atoms with E-state index in [4.69, 9.17) is 0 Å². The minimum Gasteiger partial charge on any atom is -0.311 e. The van der Waals surface area contributed by atoms with Crippen LogP contribution in [0.25, 0.3) is 5.78 Å². The molecule has 2 aromatic heterocycles. The molecule has 1 N–H and O–H groups in total. The Hall–Kier alpha value is -1.75. The molecule has 2 aliphatic heterocycles. The van der Waals surface area contributed by atoms with Gasteiger partial charge in [0.1, 0.15) is 5.69 Å². The van der Waals surface area contributed by atoms with Crippen molar-refractivity contribution >= 4 is 11.6 Å². The molecule has 2 aromatic rings. The predicted octanol–water partition coefficient (Wildman–Crippen LogP) is 1.83. The zero-order valence-electron chi connectivity index (χ0n) is 11.3. The van der Waals surface area contributed by atoms with E-state index < -0.39 is 0 Å². The number of fused-ring (bicyclic) bond motifs is 3. The van der Waals surface area contributed by atoms with Gasteiger partial charge in [0.15, 0.2) is 5.78 Å². The van der Waals surface area contributed by atoms with Gasteiger partial charge < -0.3 is 5.32 Å². The second-order valence-corrected chi connectivity index (χ2v) is 5.96. The zero-order valence-corrected chi connectivity index (χ0v) is 11.3. The zero-order chi connectivity index (χ0) is 13.5. The van der Waals surface area contributed by atoms with Crippen LogP contribution in [0.1, 0.15) is 42.6 Å². The van der Waals surface area contributed by atoms with Gasteiger partial charge in [-0.3, -0.25) is 9.20 Å². The molecule has 4 rings (SSSR count). The first-order valence-electron chi connectivity index (χ1n) is 7.39. The van der Waals surface area contributed by atoms with Crippen molar-refractivity contribution < 1.29 is 4.79 Å². The normalized spacial score (nSPS) is 29.5. The van der Waals surface area contributed by atoms with Crippen molar-refractivity contribution in [2.24, 2.45) is 5.92 Å². The van der Waals surface area contributed by atoms with Gasteiger partial charge in [0.25, 0.3) is 0 Å². The van der Waals surface area contributed by atoms with E-state index in [9.17, 15) is 4.79 Å². The Bertz CT molecular complexity index is 638. The quantitative estimate of drug-likeness (QED) is 0.846. The highest BCUT2D eigenvalue weighted by Gasteiger charge is 2.35. The number of imidazole rings is 1. The van der Waals surface area contributed by atoms with Crippen molar-refractivity contribution in [3.63, 3.8) is 0 Å². The summed E-state index contributed by atoms with van der Waals surface area (Å²) in [7, 11) is 0. The fourth-order valence-corrected chi connectivity index (χ4v) is 3.70. The van der Waals surface area contributed by atoms with Crippen LogP contribution in [0.5, 0.6) is 0 Å². The highest BCUT2D eigenvalue weighted by molar-refractivity contribution is 5.97. The first kappa shape index (κ1) is 12.0. The van der Waals surface area contributed by atoms with Crippen molar-refractivity contribution in [1.82, 2.24) is 19.7 Å². The fourth-order valence-electron chi connectivity index (χ4n) is 3.70. The lowest BCUT2D eigenvalue weighted by molar-refractivity contribution is 0.0819. The van der Waals surface area contributed by atoms with Gasteiger partial charge in [-0.1, -0.05) is 6.42 Å². The molecule has 104 valence electrons. The van der Waals surface area contributed by atoms with Crippen molar-refractivity contribution in [3.05, 3.63) is 30.4 Å². The number of hydrogen-bond acceptors (Lipinski definition) is 4. The standard InChI is InChI=1S/C15H18N4O/c20-14(10-7-11-3-1-4-12(8-10)18-11)13-9-17-15-16-5-2-6-19(13)15/h2,5-6,9-12,18H,1,3-4,7-8H2. The molecule has 2 unspecified atom stereocenters. The van der Waals surface area contributed by atoms with Crippen LogP contribution in [0, 0.1) is 5.92 Å². The van der Waals surface area contributed by atoms with Crippen molar-refractivity contribution in [2.75, 3.05) is 0 Å². The van der Waals surface area contributed by atoms with Crippen molar-refractivity contribution in [2.45, 2.75) is 44.2 Å². The number of rotatable bonds is 2. The summed E-state index contributed by atoms with van der Waals surface area (Å²) in [5.41, 5.74) is 0.679. The maximum atomic E-state index is 12.8. The molecule has 5 nitrogen and oxygen atoms in total. The van der Waals surface area contributed by atoms with Crippen molar-refractivity contribution in [3.8, 4) is 0 Å². The molecule has 4 heterocycles. The van der Waals surface area contributed by atoms with Crippen LogP contribution in [0.2, 0.25) is 0 Å². The largest absolute Gasteiger partial charge is 0.311 e. The molecule has 5 heteroatoms. The number of Topliss-reactive ketones (excluding diaryl/α,β-unsaturated/α-hetero) is 1. The molecule has 0 aromatic carbocycles. The van der Waals surface area contributed by atoms with E-state index in [1.54, 1.807) is 16.8 Å². The monoisotopic (exact) mass is 270 g/mol. The summed E-state index contributed by atoms with van der Waals surface area (Å²) >= 11 is 0. The summed E-state index contributed by atoms with van der Waals surface area (Å²) in [6, 6.07) is 2.88. The lowest BCUT2D eigenvalue weighted by Crippen LogP contribution is -2.50. The van der Waals surface area contributed by atoms with Gasteiger partial charge in [-0.2, -0.15) is 0 Å². The average Bonchev–Trinajstić information content (AvgIpc) is 2.90. The molecule has 0 saturated carbocycles. The Morgan fingerprint density at radius 3 is 2.85 bits per heavy atom. The molecule has 2 aliphatic rings. The number of nitrogens with zero attached hydrogens (tertiary/aromatic N) is 3. The lowest BCUT2D eigenvalue weighted by Gasteiger charge is -2.39. The number of carbonyl (C=O) groups is 1. The predicted molar refractivity (Wildman–Crippen MR) is 74.6 cm³/mol. The van der Waals surface area contributed by atoms with Gasteiger partial charge in [0.2, 0.25) is 5.78 Å². The molecule has 20 heavy (non-hydrogen) atoms. The number of aromatic nitrogens is 3. The van der Waals surface area contributed by atoms with E-state index in [2.05, 4.69) is 15.3 Å². The van der Waals surface area contributed by atoms with Gasteiger partial charge in [-0.05, 0) is 31.7 Å². The van der Waals surface area contributed by atoms with Gasteiger partial charge in [-0.15, -0.1) is 0 Å². The fraction of sp³-hybridized carbons (Fsp3) is 0.533. The molecule has 2 fully saturated rings. The van der Waals surface area contributed by atoms with E-state index in [0.717, 1.165) is 12.8 Å². The smallest absolute Gasteiger partial charge is 0.234 e. The van der Waals surface area contributed by atoms with Gasteiger partial charge in [0, 0.05) is 30.4 Å². The second-order valence-electron chi connectivity index (χ2n) is 5.96. The minimum atomic E-state index is 0.131. The van der Waals surface area contributed by atoms with Crippen molar-refractivity contribution in [1.29, 1.82) is 0 Å². The molecule has 2 saturated heterocycles. The maximum absolute atomic E-state index is 12.8. The first-order valence-corrected chi connectivity index (χ1v) is 7.39. The molecular formula is C15H18N4O. The molecule has 0 spiro atoms. The average molecular weight is 270 g/mol. The van der Waals surface area contributed by atoms with E-state index in [1.165, 1.54) is 19.3 Å². The van der Waals surface area contributed by atoms with Gasteiger partial charge >= 0.3 is 0 Å². The third-order valence-corrected chi connectivity index (χ3v) is 4.63. The van der Waals surface area contributed by atoms with E-state index in [1.807, 2.05) is 12.3 Å². The van der Waals surface area contributed by atoms with Crippen LogP contribution >= 0.6 is 0 Å². The highest BCUT2D eigenvalue weighted by Crippen LogP contribution is 2.31. The summed E-state index contributed by atoms with van der Waals surface area (Å²) in [6.45, 7) is 0. The molecular weight excluding hydrogens is 252 g/mol. The molecule has 2 bridgehead atoms. The number of carbonyl (C=O) groups excluding carboxylic acids is 1. The third kappa shape index (κ3) is 1.93. The number of nitrogens with one attached hydrogen (secondary N) is 1. The summed E-state index contributed by atoms with van der Waals surface area (Å²) in [5, 5.41) is 3.63. The topological polar surface area (TPSA) is 59.3 Å². The molecule has 0 radical (unpaired) electrons. The summed E-state index contributed by atoms with van der Waals surface area (Å²) in [5.74, 6) is 0.959. The Kier molecular flexibility index (Phi) is 2.80. The van der Waals surface area contributed by atoms with E-state index >= 15 is 0 Å². The van der Waals surface area contributed by atoms with Crippen LogP contribution in [-0.2, 0) is 0 Å². The van der Waals surface area contributed by atoms with Crippen LogP contribution in [0.3, 0.4) is 0 Å². The van der Waals surface area contributed by atoms with Crippen LogP contribution in [0.4, 0.5) is 0 Å². The maximum Gasteiger partial charge on any atom is 0.234 e. The third-order valence-electron chi connectivity index (χ3n) is 4.63. The Morgan fingerprint density at radius 1 is 1.25 bits per heavy atom. The minimum absolute atomic E-state index is 0.131. The van der Waals surface area contributed by atoms with Crippen LogP contribution in [0.15, 0.2) is 24.7 Å². The summed E-state index contributed by atoms with van der Waals surface area (Å²) in [4.78, 5) is 21.2. The van der Waals surface area contributed by atoms with E-state index in [-0.39, 0.29) is 11.7 Å². The summed E-state index contributed by atoms with van der Waals surface area (Å²) < 4.78 is 1.81. The Balaban J connectivity index is 1.63. The highest BCUT2D eigenvalue weighted by atomic mass is 16.1. The van der Waals surface area contributed by atoms with Gasteiger partial charge in [0.05, 0.1) is 6.20 Å². The summed E-state index contributed by atoms with van der Waals surface area (Å²) in [6.07, 6.45) is 10.9. The Morgan fingerprint density at radius 2 is 2.05 bits per heavy atom. The molecule has 0 aliphatic carbocycles. The SMILES string of the molecule is O=C(c1cnc2ncccn12)C1CC2CCCC(C1)N2. The lowest BCUT2D eigenvalue weighted by atomic mass is 9.78.